The maximum atomic E-state index is 12.8. The topological polar surface area (TPSA) is 41.6 Å². The van der Waals surface area contributed by atoms with Gasteiger partial charge in [0.1, 0.15) is 0 Å². The Morgan fingerprint density at radius 2 is 1.54 bits per heavy atom. The fourth-order valence-electron chi connectivity index (χ4n) is 2.52. The number of alkyl halides is 6. The second-order valence-corrected chi connectivity index (χ2v) is 5.86. The fourth-order valence-corrected chi connectivity index (χ4v) is 2.52. The van der Waals surface area contributed by atoms with Crippen molar-refractivity contribution in [1.82, 2.24) is 10.2 Å². The minimum absolute atomic E-state index is 0.00476. The lowest BCUT2D eigenvalue weighted by molar-refractivity contribution is -0.143. The summed E-state index contributed by atoms with van der Waals surface area (Å²) in [6.45, 7) is 3.51. The molecule has 0 bridgehead atoms. The molecule has 0 radical (unpaired) electrons. The summed E-state index contributed by atoms with van der Waals surface area (Å²) in [7, 11) is 0. The van der Waals surface area contributed by atoms with Gasteiger partial charge in [-0.2, -0.15) is 26.3 Å². The second-order valence-electron chi connectivity index (χ2n) is 5.86. The summed E-state index contributed by atoms with van der Waals surface area (Å²) in [5, 5.41) is 2.36. The van der Waals surface area contributed by atoms with Crippen molar-refractivity contribution < 1.29 is 35.9 Å². The third kappa shape index (κ3) is 5.87. The van der Waals surface area contributed by atoms with Gasteiger partial charge in [-0.3, -0.25) is 9.69 Å². The molecule has 26 heavy (non-hydrogen) atoms. The monoisotopic (exact) mass is 384 g/mol. The van der Waals surface area contributed by atoms with Crippen LogP contribution in [-0.4, -0.2) is 50.2 Å². The molecule has 0 unspecified atom stereocenters. The number of morpholine rings is 1. The zero-order chi connectivity index (χ0) is 19.4. The van der Waals surface area contributed by atoms with Crippen LogP contribution in [0.4, 0.5) is 26.3 Å². The molecule has 1 aromatic carbocycles. The summed E-state index contributed by atoms with van der Waals surface area (Å²) in [5.74, 6) is -0.969. The Morgan fingerprint density at radius 1 is 1.00 bits per heavy atom. The Kier molecular flexibility index (Phi) is 6.51. The van der Waals surface area contributed by atoms with E-state index >= 15 is 0 Å². The first-order valence-corrected chi connectivity index (χ1v) is 7.95. The van der Waals surface area contributed by atoms with E-state index in [1.165, 1.54) is 0 Å². The van der Waals surface area contributed by atoms with Crippen LogP contribution in [0.5, 0.6) is 0 Å². The molecule has 146 valence electrons. The van der Waals surface area contributed by atoms with Crippen LogP contribution in [0.1, 0.15) is 27.9 Å². The van der Waals surface area contributed by atoms with Gasteiger partial charge in [0.25, 0.3) is 5.91 Å². The standard InChI is InChI=1S/C16H18F6N2O2/c17-15(18,19)12-8-11(9-13(10-12)16(20,21)22)14(25)23-2-1-3-24-4-6-26-7-5-24/h8-10H,1-7H2,(H,23,25). The highest BCUT2D eigenvalue weighted by Crippen LogP contribution is 2.36. The van der Waals surface area contributed by atoms with E-state index in [-0.39, 0.29) is 12.6 Å². The zero-order valence-electron chi connectivity index (χ0n) is 13.7. The number of carbonyl (C=O) groups is 1. The van der Waals surface area contributed by atoms with Crippen LogP contribution < -0.4 is 5.32 Å². The van der Waals surface area contributed by atoms with E-state index in [9.17, 15) is 31.1 Å². The number of hydrogen-bond donors (Lipinski definition) is 1. The lowest BCUT2D eigenvalue weighted by Gasteiger charge is -2.26. The largest absolute Gasteiger partial charge is 0.416 e. The van der Waals surface area contributed by atoms with Gasteiger partial charge in [-0.15, -0.1) is 0 Å². The van der Waals surface area contributed by atoms with Crippen LogP contribution in [-0.2, 0) is 17.1 Å². The first-order valence-electron chi connectivity index (χ1n) is 7.95. The quantitative estimate of drug-likeness (QED) is 0.626. The Balaban J connectivity index is 2.00. The third-order valence-electron chi connectivity index (χ3n) is 3.89. The fraction of sp³-hybridized carbons (Fsp3) is 0.562. The molecule has 0 saturated carbocycles. The Morgan fingerprint density at radius 3 is 2.04 bits per heavy atom. The SMILES string of the molecule is O=C(NCCCN1CCOCC1)c1cc(C(F)(F)F)cc(C(F)(F)F)c1. The predicted octanol–water partition coefficient (Wildman–Crippen LogP) is 3.18. The molecule has 1 saturated heterocycles. The van der Waals surface area contributed by atoms with Crippen molar-refractivity contribution in [1.29, 1.82) is 0 Å². The molecule has 1 N–H and O–H groups in total. The lowest BCUT2D eigenvalue weighted by Crippen LogP contribution is -2.38. The van der Waals surface area contributed by atoms with Crippen molar-refractivity contribution in [3.63, 3.8) is 0 Å². The summed E-state index contributed by atoms with van der Waals surface area (Å²) in [4.78, 5) is 14.1. The molecule has 2 rings (SSSR count). The van der Waals surface area contributed by atoms with Gasteiger partial charge < -0.3 is 10.1 Å². The average molecular weight is 384 g/mol. The predicted molar refractivity (Wildman–Crippen MR) is 80.7 cm³/mol. The normalized spacial score (nSPS) is 16.5. The number of rotatable bonds is 5. The van der Waals surface area contributed by atoms with Crippen LogP contribution >= 0.6 is 0 Å². The second kappa shape index (κ2) is 8.26. The number of benzene rings is 1. The van der Waals surface area contributed by atoms with Gasteiger partial charge in [-0.25, -0.2) is 0 Å². The summed E-state index contributed by atoms with van der Waals surface area (Å²) in [6.07, 6.45) is -9.43. The zero-order valence-corrected chi connectivity index (χ0v) is 13.7. The van der Waals surface area contributed by atoms with Gasteiger partial charge in [0.2, 0.25) is 0 Å². The van der Waals surface area contributed by atoms with Gasteiger partial charge in [0.05, 0.1) is 24.3 Å². The van der Waals surface area contributed by atoms with Gasteiger partial charge in [-0.05, 0) is 31.2 Å². The first kappa shape index (κ1) is 20.5. The van der Waals surface area contributed by atoms with Gasteiger partial charge in [-0.1, -0.05) is 0 Å². The van der Waals surface area contributed by atoms with Crippen LogP contribution in [0.2, 0.25) is 0 Å². The van der Waals surface area contributed by atoms with Crippen LogP contribution in [0.15, 0.2) is 18.2 Å². The van der Waals surface area contributed by atoms with Crippen molar-refractivity contribution in [2.24, 2.45) is 0 Å². The summed E-state index contributed by atoms with van der Waals surface area (Å²) >= 11 is 0. The Hall–Kier alpha value is -1.81. The van der Waals surface area contributed by atoms with Crippen molar-refractivity contribution >= 4 is 5.91 Å². The molecular formula is C16H18F6N2O2. The van der Waals surface area contributed by atoms with Crippen LogP contribution in [0.25, 0.3) is 0 Å². The number of nitrogens with one attached hydrogen (secondary N) is 1. The van der Waals surface area contributed by atoms with Gasteiger partial charge >= 0.3 is 12.4 Å². The molecule has 0 atom stereocenters. The lowest BCUT2D eigenvalue weighted by atomic mass is 10.0. The first-order chi connectivity index (χ1) is 12.1. The van der Waals surface area contributed by atoms with E-state index in [1.807, 2.05) is 0 Å². The molecule has 1 fully saturated rings. The highest BCUT2D eigenvalue weighted by atomic mass is 19.4. The summed E-state index contributed by atoms with van der Waals surface area (Å²) in [6, 6.07) is 0.842. The number of ether oxygens (including phenoxy) is 1. The van der Waals surface area contributed by atoms with E-state index in [1.54, 1.807) is 0 Å². The number of halogens is 6. The molecule has 0 aromatic heterocycles. The van der Waals surface area contributed by atoms with E-state index in [0.29, 0.717) is 38.3 Å². The molecule has 1 amide bonds. The van der Waals surface area contributed by atoms with Crippen molar-refractivity contribution in [3.05, 3.63) is 34.9 Å². The van der Waals surface area contributed by atoms with E-state index in [0.717, 1.165) is 13.1 Å². The van der Waals surface area contributed by atoms with E-state index in [4.69, 9.17) is 4.74 Å². The Labute approximate surface area is 146 Å². The van der Waals surface area contributed by atoms with Crippen LogP contribution in [0, 0.1) is 0 Å². The van der Waals surface area contributed by atoms with Gasteiger partial charge in [0.15, 0.2) is 0 Å². The maximum absolute atomic E-state index is 12.8. The van der Waals surface area contributed by atoms with Crippen molar-refractivity contribution in [2.75, 3.05) is 39.4 Å². The minimum Gasteiger partial charge on any atom is -0.379 e. The molecule has 1 heterocycles. The molecule has 1 aliphatic rings. The number of nitrogens with zero attached hydrogens (tertiary/aromatic N) is 1. The molecule has 1 aliphatic heterocycles. The number of carbonyl (C=O) groups excluding carboxylic acids is 1. The molecular weight excluding hydrogens is 366 g/mol. The average Bonchev–Trinajstić information content (AvgIpc) is 2.57. The number of hydrogen-bond acceptors (Lipinski definition) is 3. The third-order valence-corrected chi connectivity index (χ3v) is 3.89. The molecule has 0 aliphatic carbocycles. The summed E-state index contributed by atoms with van der Waals surface area (Å²) < 4.78 is 82.0. The minimum atomic E-state index is -4.98. The van der Waals surface area contributed by atoms with Crippen LogP contribution in [0.3, 0.4) is 0 Å². The van der Waals surface area contributed by atoms with Crippen molar-refractivity contribution in [2.45, 2.75) is 18.8 Å². The Bertz CT molecular complexity index is 592. The maximum Gasteiger partial charge on any atom is 0.416 e. The number of amides is 1. The molecule has 4 nitrogen and oxygen atoms in total. The highest BCUT2D eigenvalue weighted by molar-refractivity contribution is 5.94. The van der Waals surface area contributed by atoms with E-state index in [2.05, 4.69) is 10.2 Å². The molecule has 10 heteroatoms. The van der Waals surface area contributed by atoms with Crippen molar-refractivity contribution in [3.8, 4) is 0 Å². The van der Waals surface area contributed by atoms with E-state index < -0.39 is 35.0 Å². The molecule has 0 spiro atoms. The smallest absolute Gasteiger partial charge is 0.379 e. The highest BCUT2D eigenvalue weighted by Gasteiger charge is 2.37. The van der Waals surface area contributed by atoms with Gasteiger partial charge in [0, 0.05) is 25.2 Å². The summed E-state index contributed by atoms with van der Waals surface area (Å²) in [5.41, 5.74) is -3.69. The molecule has 1 aromatic rings.